The standard InChI is InChI=1S/C19H20N2O3S/c1-2-14-25(23,24)21-18-12-6-11-17(15-18)19(22)20-13-7-10-16-8-4-3-5-9-16/h3-6,8-9,11-12,15,21H,2,13-14H2,1H3,(H,20,22). The Morgan fingerprint density at radius 3 is 2.56 bits per heavy atom. The summed E-state index contributed by atoms with van der Waals surface area (Å²) in [5.41, 5.74) is 1.62. The van der Waals surface area contributed by atoms with Crippen LogP contribution >= 0.6 is 0 Å². The number of benzene rings is 2. The van der Waals surface area contributed by atoms with Gasteiger partial charge < -0.3 is 5.32 Å². The fourth-order valence-electron chi connectivity index (χ4n) is 2.12. The van der Waals surface area contributed by atoms with Crippen LogP contribution in [0.4, 0.5) is 5.69 Å². The fraction of sp³-hybridized carbons (Fsp3) is 0.211. The molecule has 6 heteroatoms. The molecule has 0 aromatic heterocycles. The first-order valence-electron chi connectivity index (χ1n) is 7.93. The smallest absolute Gasteiger partial charge is 0.252 e. The van der Waals surface area contributed by atoms with Crippen LogP contribution in [0.3, 0.4) is 0 Å². The molecule has 0 fully saturated rings. The molecule has 0 heterocycles. The second-order valence-electron chi connectivity index (χ2n) is 5.35. The molecule has 1 amide bonds. The third kappa shape index (κ3) is 6.32. The minimum atomic E-state index is -3.38. The summed E-state index contributed by atoms with van der Waals surface area (Å²) >= 11 is 0. The number of rotatable bonds is 6. The molecule has 0 aliphatic rings. The van der Waals surface area contributed by atoms with E-state index in [-0.39, 0.29) is 18.2 Å². The van der Waals surface area contributed by atoms with E-state index < -0.39 is 10.0 Å². The highest BCUT2D eigenvalue weighted by Crippen LogP contribution is 2.13. The SMILES string of the molecule is CCCS(=O)(=O)Nc1cccc(C(=O)NCC#Cc2ccccc2)c1. The van der Waals surface area contributed by atoms with Gasteiger partial charge in [0.25, 0.3) is 5.91 Å². The maximum atomic E-state index is 12.1. The van der Waals surface area contributed by atoms with E-state index in [1.165, 1.54) is 6.07 Å². The Hall–Kier alpha value is -2.78. The van der Waals surface area contributed by atoms with Gasteiger partial charge in [-0.25, -0.2) is 8.42 Å². The summed E-state index contributed by atoms with van der Waals surface area (Å²) in [6, 6.07) is 15.9. The van der Waals surface area contributed by atoms with E-state index in [1.807, 2.05) is 30.3 Å². The number of anilines is 1. The van der Waals surface area contributed by atoms with Crippen LogP contribution in [0.5, 0.6) is 0 Å². The van der Waals surface area contributed by atoms with Crippen molar-refractivity contribution in [2.24, 2.45) is 0 Å². The zero-order valence-corrected chi connectivity index (χ0v) is 14.8. The minimum absolute atomic E-state index is 0.0402. The Kier molecular flexibility index (Phi) is 6.61. The van der Waals surface area contributed by atoms with Gasteiger partial charge in [-0.2, -0.15) is 0 Å². The lowest BCUT2D eigenvalue weighted by atomic mass is 10.2. The summed E-state index contributed by atoms with van der Waals surface area (Å²) < 4.78 is 26.1. The van der Waals surface area contributed by atoms with Gasteiger partial charge in [0.05, 0.1) is 12.3 Å². The lowest BCUT2D eigenvalue weighted by Crippen LogP contribution is -2.24. The van der Waals surface area contributed by atoms with E-state index in [9.17, 15) is 13.2 Å². The monoisotopic (exact) mass is 356 g/mol. The number of nitrogens with one attached hydrogen (secondary N) is 2. The highest BCUT2D eigenvalue weighted by molar-refractivity contribution is 7.92. The van der Waals surface area contributed by atoms with Gasteiger partial charge in [0, 0.05) is 16.8 Å². The van der Waals surface area contributed by atoms with Gasteiger partial charge in [0.1, 0.15) is 0 Å². The summed E-state index contributed by atoms with van der Waals surface area (Å²) in [5, 5.41) is 2.69. The first kappa shape index (κ1) is 18.6. The highest BCUT2D eigenvalue weighted by atomic mass is 32.2. The molecule has 2 aromatic carbocycles. The van der Waals surface area contributed by atoms with E-state index in [0.29, 0.717) is 17.7 Å². The Bertz CT molecular complexity index is 882. The van der Waals surface area contributed by atoms with Crippen molar-refractivity contribution in [2.75, 3.05) is 17.0 Å². The predicted octanol–water partition coefficient (Wildman–Crippen LogP) is 2.62. The zero-order valence-electron chi connectivity index (χ0n) is 14.0. The number of amides is 1. The van der Waals surface area contributed by atoms with Crippen molar-refractivity contribution < 1.29 is 13.2 Å². The normalized spacial score (nSPS) is 10.4. The molecule has 2 N–H and O–H groups in total. The summed E-state index contributed by atoms with van der Waals surface area (Å²) in [6.07, 6.45) is 0.523. The van der Waals surface area contributed by atoms with Crippen molar-refractivity contribution in [3.8, 4) is 11.8 Å². The fourth-order valence-corrected chi connectivity index (χ4v) is 3.24. The summed E-state index contributed by atoms with van der Waals surface area (Å²) in [7, 11) is -3.38. The van der Waals surface area contributed by atoms with Crippen LogP contribution in [0, 0.1) is 11.8 Å². The van der Waals surface area contributed by atoms with Crippen LogP contribution in [0.15, 0.2) is 54.6 Å². The molecule has 2 rings (SSSR count). The van der Waals surface area contributed by atoms with Crippen LogP contribution < -0.4 is 10.0 Å². The highest BCUT2D eigenvalue weighted by Gasteiger charge is 2.10. The third-order valence-electron chi connectivity index (χ3n) is 3.21. The van der Waals surface area contributed by atoms with E-state index in [4.69, 9.17) is 0 Å². The Labute approximate surface area is 148 Å². The lowest BCUT2D eigenvalue weighted by Gasteiger charge is -2.08. The van der Waals surface area contributed by atoms with Gasteiger partial charge in [-0.05, 0) is 36.8 Å². The van der Waals surface area contributed by atoms with E-state index in [0.717, 1.165) is 5.56 Å². The second kappa shape index (κ2) is 8.90. The number of carbonyl (C=O) groups excluding carboxylic acids is 1. The number of sulfonamides is 1. The van der Waals surface area contributed by atoms with Crippen molar-refractivity contribution in [1.29, 1.82) is 0 Å². The van der Waals surface area contributed by atoms with Gasteiger partial charge in [0.2, 0.25) is 10.0 Å². The van der Waals surface area contributed by atoms with Crippen LogP contribution in [0.2, 0.25) is 0 Å². The van der Waals surface area contributed by atoms with Crippen LogP contribution in [0.1, 0.15) is 29.3 Å². The second-order valence-corrected chi connectivity index (χ2v) is 7.19. The molecule has 0 saturated carbocycles. The molecule has 0 aliphatic heterocycles. The molecule has 0 radical (unpaired) electrons. The number of hydrogen-bond donors (Lipinski definition) is 2. The van der Waals surface area contributed by atoms with Crippen molar-refractivity contribution in [1.82, 2.24) is 5.32 Å². The maximum absolute atomic E-state index is 12.1. The van der Waals surface area contributed by atoms with Gasteiger partial charge in [-0.1, -0.05) is 43.0 Å². The maximum Gasteiger partial charge on any atom is 0.252 e. The molecule has 0 aliphatic carbocycles. The molecule has 0 saturated heterocycles. The number of carbonyl (C=O) groups is 1. The van der Waals surface area contributed by atoms with Gasteiger partial charge in [-0.15, -0.1) is 0 Å². The molecule has 0 atom stereocenters. The molecule has 5 nitrogen and oxygen atoms in total. The first-order chi connectivity index (χ1) is 12.0. The quantitative estimate of drug-likeness (QED) is 0.781. The molecular weight excluding hydrogens is 336 g/mol. The van der Waals surface area contributed by atoms with Crippen LogP contribution in [0.25, 0.3) is 0 Å². The molecule has 2 aromatic rings. The third-order valence-corrected chi connectivity index (χ3v) is 4.71. The Morgan fingerprint density at radius 2 is 1.84 bits per heavy atom. The van der Waals surface area contributed by atoms with E-state index in [1.54, 1.807) is 25.1 Å². The minimum Gasteiger partial charge on any atom is -0.341 e. The molecule has 130 valence electrons. The van der Waals surface area contributed by atoms with E-state index >= 15 is 0 Å². The topological polar surface area (TPSA) is 75.3 Å². The van der Waals surface area contributed by atoms with Crippen molar-refractivity contribution in [3.63, 3.8) is 0 Å². The molecular formula is C19H20N2O3S. The summed E-state index contributed by atoms with van der Waals surface area (Å²) in [5.74, 6) is 5.56. The van der Waals surface area contributed by atoms with E-state index in [2.05, 4.69) is 21.9 Å². The predicted molar refractivity (Wildman–Crippen MR) is 99.8 cm³/mol. The van der Waals surface area contributed by atoms with Crippen molar-refractivity contribution in [3.05, 3.63) is 65.7 Å². The van der Waals surface area contributed by atoms with Gasteiger partial charge in [0.15, 0.2) is 0 Å². The lowest BCUT2D eigenvalue weighted by molar-refractivity contribution is 0.0958. The van der Waals surface area contributed by atoms with Crippen LogP contribution in [-0.4, -0.2) is 26.6 Å². The molecule has 0 unspecified atom stereocenters. The van der Waals surface area contributed by atoms with Gasteiger partial charge in [-0.3, -0.25) is 9.52 Å². The Balaban J connectivity index is 1.96. The number of hydrogen-bond acceptors (Lipinski definition) is 3. The average molecular weight is 356 g/mol. The van der Waals surface area contributed by atoms with Crippen molar-refractivity contribution in [2.45, 2.75) is 13.3 Å². The average Bonchev–Trinajstić information content (AvgIpc) is 2.59. The first-order valence-corrected chi connectivity index (χ1v) is 9.58. The van der Waals surface area contributed by atoms with Crippen LogP contribution in [-0.2, 0) is 10.0 Å². The summed E-state index contributed by atoms with van der Waals surface area (Å²) in [4.78, 5) is 12.1. The summed E-state index contributed by atoms with van der Waals surface area (Å²) in [6.45, 7) is 2.00. The Morgan fingerprint density at radius 1 is 1.08 bits per heavy atom. The largest absolute Gasteiger partial charge is 0.341 e. The zero-order chi connectivity index (χ0) is 18.1. The van der Waals surface area contributed by atoms with Crippen molar-refractivity contribution >= 4 is 21.6 Å². The molecule has 25 heavy (non-hydrogen) atoms. The van der Waals surface area contributed by atoms with Gasteiger partial charge >= 0.3 is 0 Å². The molecule has 0 bridgehead atoms. The molecule has 0 spiro atoms.